The molecule has 22 heavy (non-hydrogen) atoms. The second-order valence-corrected chi connectivity index (χ2v) is 6.06. The Morgan fingerprint density at radius 2 is 1.77 bits per heavy atom. The average Bonchev–Trinajstić information content (AvgIpc) is 2.57. The van der Waals surface area contributed by atoms with Gasteiger partial charge < -0.3 is 9.64 Å². The van der Waals surface area contributed by atoms with Crippen LogP contribution < -0.4 is 4.74 Å². The van der Waals surface area contributed by atoms with Crippen molar-refractivity contribution < 1.29 is 9.53 Å². The molecular formula is C16H16BrN3O2. The molecule has 1 aromatic heterocycles. The third-order valence-electron chi connectivity index (χ3n) is 3.63. The molecule has 0 N–H and O–H groups in total. The van der Waals surface area contributed by atoms with Crippen molar-refractivity contribution in [3.8, 4) is 6.01 Å². The summed E-state index contributed by atoms with van der Waals surface area (Å²) >= 11 is 3.38. The Morgan fingerprint density at radius 1 is 1.14 bits per heavy atom. The van der Waals surface area contributed by atoms with Crippen LogP contribution in [0.3, 0.4) is 0 Å². The number of nitrogens with zero attached hydrogens (tertiary/aromatic N) is 3. The number of rotatable bonds is 3. The first-order valence-corrected chi connectivity index (χ1v) is 8.00. The number of hydrogen-bond acceptors (Lipinski definition) is 4. The lowest BCUT2D eigenvalue weighted by Crippen LogP contribution is -2.41. The highest BCUT2D eigenvalue weighted by molar-refractivity contribution is 9.10. The van der Waals surface area contributed by atoms with E-state index in [1.807, 2.05) is 29.2 Å². The maximum Gasteiger partial charge on any atom is 0.316 e. The molecule has 2 heterocycles. The van der Waals surface area contributed by atoms with Crippen LogP contribution >= 0.6 is 15.9 Å². The summed E-state index contributed by atoms with van der Waals surface area (Å²) in [4.78, 5) is 22.4. The van der Waals surface area contributed by atoms with Gasteiger partial charge in [0.2, 0.25) is 0 Å². The van der Waals surface area contributed by atoms with Crippen LogP contribution in [0.4, 0.5) is 0 Å². The first kappa shape index (κ1) is 15.0. The van der Waals surface area contributed by atoms with E-state index in [0.717, 1.165) is 17.3 Å². The molecule has 3 rings (SSSR count). The Bertz CT molecular complexity index is 626. The Kier molecular flexibility index (Phi) is 4.68. The molecule has 0 bridgehead atoms. The lowest BCUT2D eigenvalue weighted by molar-refractivity contribution is 0.0578. The van der Waals surface area contributed by atoms with Crippen molar-refractivity contribution in [3.63, 3.8) is 0 Å². The predicted molar refractivity (Wildman–Crippen MR) is 85.7 cm³/mol. The molecule has 1 amide bonds. The summed E-state index contributed by atoms with van der Waals surface area (Å²) < 4.78 is 6.71. The van der Waals surface area contributed by atoms with Gasteiger partial charge in [-0.05, 0) is 30.3 Å². The van der Waals surface area contributed by atoms with E-state index in [0.29, 0.717) is 24.7 Å². The van der Waals surface area contributed by atoms with Gasteiger partial charge in [0.25, 0.3) is 5.91 Å². The van der Waals surface area contributed by atoms with Gasteiger partial charge in [-0.25, -0.2) is 9.97 Å². The molecule has 0 unspecified atom stereocenters. The minimum Gasteiger partial charge on any atom is -0.460 e. The molecule has 0 spiro atoms. The highest BCUT2D eigenvalue weighted by Gasteiger charge is 2.25. The Hall–Kier alpha value is -1.95. The van der Waals surface area contributed by atoms with E-state index in [1.54, 1.807) is 18.5 Å². The smallest absolute Gasteiger partial charge is 0.316 e. The maximum absolute atomic E-state index is 12.4. The summed E-state index contributed by atoms with van der Waals surface area (Å²) in [7, 11) is 0. The van der Waals surface area contributed by atoms with E-state index in [-0.39, 0.29) is 12.0 Å². The number of benzene rings is 1. The number of hydrogen-bond donors (Lipinski definition) is 0. The Labute approximate surface area is 137 Å². The predicted octanol–water partition coefficient (Wildman–Crippen LogP) is 2.92. The van der Waals surface area contributed by atoms with E-state index >= 15 is 0 Å². The highest BCUT2D eigenvalue weighted by Crippen LogP contribution is 2.18. The summed E-state index contributed by atoms with van der Waals surface area (Å²) in [5.74, 6) is 0.0712. The third kappa shape index (κ3) is 3.62. The van der Waals surface area contributed by atoms with Crippen LogP contribution in [0.1, 0.15) is 23.2 Å². The number of likely N-dealkylation sites (tertiary alicyclic amines) is 1. The quantitative estimate of drug-likeness (QED) is 0.843. The van der Waals surface area contributed by atoms with Crippen LogP contribution in [-0.4, -0.2) is 40.0 Å². The van der Waals surface area contributed by atoms with Gasteiger partial charge in [0.1, 0.15) is 6.10 Å². The van der Waals surface area contributed by atoms with Crippen LogP contribution in [0.25, 0.3) is 0 Å². The van der Waals surface area contributed by atoms with Crippen molar-refractivity contribution in [1.29, 1.82) is 0 Å². The molecule has 1 fully saturated rings. The number of ether oxygens (including phenoxy) is 1. The van der Waals surface area contributed by atoms with E-state index in [4.69, 9.17) is 4.74 Å². The Morgan fingerprint density at radius 3 is 2.41 bits per heavy atom. The second-order valence-electron chi connectivity index (χ2n) is 5.15. The SMILES string of the molecule is O=C(c1ccc(Br)cc1)N1CCC(Oc2ncccn2)CC1. The molecular weight excluding hydrogens is 346 g/mol. The van der Waals surface area contributed by atoms with Crippen molar-refractivity contribution in [3.05, 3.63) is 52.8 Å². The second kappa shape index (κ2) is 6.87. The van der Waals surface area contributed by atoms with Gasteiger partial charge in [0.05, 0.1) is 0 Å². The summed E-state index contributed by atoms with van der Waals surface area (Å²) in [6, 6.07) is 9.61. The maximum atomic E-state index is 12.4. The first-order chi connectivity index (χ1) is 10.7. The van der Waals surface area contributed by atoms with Crippen LogP contribution in [0, 0.1) is 0 Å². The van der Waals surface area contributed by atoms with Gasteiger partial charge in [0.15, 0.2) is 0 Å². The van der Waals surface area contributed by atoms with Crippen LogP contribution in [0.2, 0.25) is 0 Å². The number of piperidine rings is 1. The molecule has 5 nitrogen and oxygen atoms in total. The lowest BCUT2D eigenvalue weighted by Gasteiger charge is -2.31. The van der Waals surface area contributed by atoms with Gasteiger partial charge in [-0.1, -0.05) is 15.9 Å². The van der Waals surface area contributed by atoms with Crippen LogP contribution in [0.5, 0.6) is 6.01 Å². The summed E-state index contributed by atoms with van der Waals surface area (Å²) in [6.45, 7) is 1.37. The van der Waals surface area contributed by atoms with Crippen molar-refractivity contribution in [2.45, 2.75) is 18.9 Å². The lowest BCUT2D eigenvalue weighted by atomic mass is 10.1. The third-order valence-corrected chi connectivity index (χ3v) is 4.16. The zero-order valence-corrected chi connectivity index (χ0v) is 13.6. The number of amides is 1. The molecule has 1 saturated heterocycles. The fourth-order valence-electron chi connectivity index (χ4n) is 2.45. The van der Waals surface area contributed by atoms with Crippen molar-refractivity contribution in [1.82, 2.24) is 14.9 Å². The van der Waals surface area contributed by atoms with Gasteiger partial charge in [-0.15, -0.1) is 0 Å². The van der Waals surface area contributed by atoms with E-state index in [2.05, 4.69) is 25.9 Å². The normalized spacial score (nSPS) is 15.6. The minimum atomic E-state index is 0.0661. The molecule has 0 atom stereocenters. The molecule has 1 aliphatic rings. The van der Waals surface area contributed by atoms with E-state index < -0.39 is 0 Å². The topological polar surface area (TPSA) is 55.3 Å². The minimum absolute atomic E-state index is 0.0661. The monoisotopic (exact) mass is 361 g/mol. The summed E-state index contributed by atoms with van der Waals surface area (Å²) in [5.41, 5.74) is 0.717. The molecule has 2 aromatic rings. The van der Waals surface area contributed by atoms with E-state index in [1.165, 1.54) is 0 Å². The molecule has 6 heteroatoms. The van der Waals surface area contributed by atoms with Crippen molar-refractivity contribution in [2.24, 2.45) is 0 Å². The van der Waals surface area contributed by atoms with Gasteiger partial charge in [-0.3, -0.25) is 4.79 Å². The average molecular weight is 362 g/mol. The summed E-state index contributed by atoms with van der Waals surface area (Å²) in [5, 5.41) is 0. The van der Waals surface area contributed by atoms with Crippen molar-refractivity contribution in [2.75, 3.05) is 13.1 Å². The molecule has 0 radical (unpaired) electrons. The fourth-order valence-corrected chi connectivity index (χ4v) is 2.71. The summed E-state index contributed by atoms with van der Waals surface area (Å²) in [6.07, 6.45) is 4.97. The van der Waals surface area contributed by atoms with Crippen LogP contribution in [0.15, 0.2) is 47.2 Å². The largest absolute Gasteiger partial charge is 0.460 e. The van der Waals surface area contributed by atoms with Gasteiger partial charge in [-0.2, -0.15) is 0 Å². The number of carbonyl (C=O) groups excluding carboxylic acids is 1. The Balaban J connectivity index is 1.55. The zero-order chi connectivity index (χ0) is 15.4. The van der Waals surface area contributed by atoms with Crippen molar-refractivity contribution >= 4 is 21.8 Å². The molecule has 114 valence electrons. The molecule has 1 aromatic carbocycles. The standard InChI is InChI=1S/C16H16BrN3O2/c17-13-4-2-12(3-5-13)15(21)20-10-6-14(7-11-20)22-16-18-8-1-9-19-16/h1-5,8-9,14H,6-7,10-11H2. The first-order valence-electron chi connectivity index (χ1n) is 7.21. The van der Waals surface area contributed by atoms with Gasteiger partial charge in [0, 0.05) is 48.4 Å². The number of aromatic nitrogens is 2. The number of halogens is 1. The zero-order valence-electron chi connectivity index (χ0n) is 12.0. The molecule has 0 saturated carbocycles. The van der Waals surface area contributed by atoms with E-state index in [9.17, 15) is 4.79 Å². The number of carbonyl (C=O) groups is 1. The molecule has 1 aliphatic heterocycles. The molecule has 0 aliphatic carbocycles. The van der Waals surface area contributed by atoms with Gasteiger partial charge >= 0.3 is 6.01 Å². The highest BCUT2D eigenvalue weighted by atomic mass is 79.9. The fraction of sp³-hybridized carbons (Fsp3) is 0.312. The van der Waals surface area contributed by atoms with Crippen LogP contribution in [-0.2, 0) is 0 Å².